The molecule has 0 aromatic heterocycles. The lowest BCUT2D eigenvalue weighted by atomic mass is 10.1. The molecule has 2 aromatic carbocycles. The maximum absolute atomic E-state index is 5.62. The van der Waals surface area contributed by atoms with Gasteiger partial charge in [0.25, 0.3) is 0 Å². The van der Waals surface area contributed by atoms with Crippen LogP contribution in [-0.2, 0) is 6.54 Å². The third-order valence-corrected chi connectivity index (χ3v) is 5.33. The molecule has 144 valence electrons. The van der Waals surface area contributed by atoms with E-state index in [0.717, 1.165) is 55.0 Å². The van der Waals surface area contributed by atoms with Crippen LogP contribution >= 0.6 is 12.2 Å². The van der Waals surface area contributed by atoms with Gasteiger partial charge in [0.15, 0.2) is 5.11 Å². The van der Waals surface area contributed by atoms with Crippen LogP contribution in [0, 0.1) is 6.92 Å². The van der Waals surface area contributed by atoms with E-state index in [1.165, 1.54) is 11.1 Å². The predicted octanol–water partition coefficient (Wildman–Crippen LogP) is 3.53. The normalized spacial score (nSPS) is 14.7. The van der Waals surface area contributed by atoms with Gasteiger partial charge in [-0.2, -0.15) is 0 Å². The Morgan fingerprint density at radius 3 is 2.44 bits per heavy atom. The number of methoxy groups -OCH3 is 2. The Morgan fingerprint density at radius 2 is 1.78 bits per heavy atom. The van der Waals surface area contributed by atoms with Crippen molar-refractivity contribution in [2.24, 2.45) is 0 Å². The van der Waals surface area contributed by atoms with Gasteiger partial charge in [-0.05, 0) is 42.4 Å². The van der Waals surface area contributed by atoms with Crippen molar-refractivity contribution in [3.63, 3.8) is 0 Å². The molecule has 5 nitrogen and oxygen atoms in total. The Morgan fingerprint density at radius 1 is 1.04 bits per heavy atom. The molecule has 0 radical (unpaired) electrons. The highest BCUT2D eigenvalue weighted by molar-refractivity contribution is 7.80. The van der Waals surface area contributed by atoms with Gasteiger partial charge < -0.3 is 19.7 Å². The topological polar surface area (TPSA) is 37.0 Å². The molecule has 0 spiro atoms. The van der Waals surface area contributed by atoms with Crippen molar-refractivity contribution in [3.8, 4) is 11.5 Å². The minimum absolute atomic E-state index is 0.717. The van der Waals surface area contributed by atoms with Gasteiger partial charge in [-0.1, -0.05) is 24.3 Å². The van der Waals surface area contributed by atoms with Crippen molar-refractivity contribution < 1.29 is 9.47 Å². The van der Waals surface area contributed by atoms with Gasteiger partial charge in [0.05, 0.1) is 19.9 Å². The summed E-state index contributed by atoms with van der Waals surface area (Å²) in [6.45, 7) is 6.98. The first-order valence-electron chi connectivity index (χ1n) is 9.15. The van der Waals surface area contributed by atoms with Crippen LogP contribution in [0.15, 0.2) is 42.5 Å². The number of rotatable bonds is 5. The molecule has 1 aliphatic rings. The Hall–Kier alpha value is -2.31. The van der Waals surface area contributed by atoms with Crippen molar-refractivity contribution in [2.75, 3.05) is 45.7 Å². The molecule has 0 atom stereocenters. The van der Waals surface area contributed by atoms with Gasteiger partial charge >= 0.3 is 0 Å². The molecule has 1 saturated heterocycles. The summed E-state index contributed by atoms with van der Waals surface area (Å²) in [6.07, 6.45) is 0. The number of nitrogens with zero attached hydrogens (tertiary/aromatic N) is 2. The molecular weight excluding hydrogens is 358 g/mol. The third-order valence-electron chi connectivity index (χ3n) is 4.97. The molecule has 27 heavy (non-hydrogen) atoms. The number of anilines is 1. The van der Waals surface area contributed by atoms with Gasteiger partial charge in [0.2, 0.25) is 0 Å². The zero-order valence-corrected chi connectivity index (χ0v) is 17.0. The maximum Gasteiger partial charge on any atom is 0.173 e. The zero-order valence-electron chi connectivity index (χ0n) is 16.2. The Kier molecular flexibility index (Phi) is 6.53. The average Bonchev–Trinajstić information content (AvgIpc) is 2.70. The fourth-order valence-electron chi connectivity index (χ4n) is 3.23. The summed E-state index contributed by atoms with van der Waals surface area (Å²) < 4.78 is 10.7. The molecule has 0 unspecified atom stereocenters. The van der Waals surface area contributed by atoms with Crippen LogP contribution in [0.3, 0.4) is 0 Å². The third kappa shape index (κ3) is 4.90. The van der Waals surface area contributed by atoms with Gasteiger partial charge in [0.1, 0.15) is 11.5 Å². The van der Waals surface area contributed by atoms with E-state index in [0.29, 0.717) is 0 Å². The van der Waals surface area contributed by atoms with Gasteiger partial charge in [-0.3, -0.25) is 4.90 Å². The van der Waals surface area contributed by atoms with Crippen molar-refractivity contribution in [1.29, 1.82) is 0 Å². The summed E-state index contributed by atoms with van der Waals surface area (Å²) >= 11 is 5.62. The molecule has 1 N–H and O–H groups in total. The predicted molar refractivity (Wildman–Crippen MR) is 114 cm³/mol. The first-order chi connectivity index (χ1) is 13.1. The summed E-state index contributed by atoms with van der Waals surface area (Å²) in [6, 6.07) is 14.3. The largest absolute Gasteiger partial charge is 0.497 e. The molecule has 0 amide bonds. The lowest BCUT2D eigenvalue weighted by Crippen LogP contribution is -2.49. The molecule has 0 bridgehead atoms. The molecule has 0 aliphatic carbocycles. The van der Waals surface area contributed by atoms with E-state index in [1.807, 2.05) is 18.2 Å². The molecule has 6 heteroatoms. The average molecular weight is 386 g/mol. The Labute approximate surface area is 166 Å². The summed E-state index contributed by atoms with van der Waals surface area (Å²) in [4.78, 5) is 4.70. The van der Waals surface area contributed by atoms with Crippen LogP contribution in [0.5, 0.6) is 11.5 Å². The molecule has 3 rings (SSSR count). The maximum atomic E-state index is 5.62. The first-order valence-corrected chi connectivity index (χ1v) is 9.56. The number of hydrogen-bond donors (Lipinski definition) is 1. The highest BCUT2D eigenvalue weighted by atomic mass is 32.1. The van der Waals surface area contributed by atoms with E-state index in [1.54, 1.807) is 14.2 Å². The van der Waals surface area contributed by atoms with Crippen molar-refractivity contribution in [2.45, 2.75) is 13.5 Å². The van der Waals surface area contributed by atoms with E-state index < -0.39 is 0 Å². The minimum Gasteiger partial charge on any atom is -0.497 e. The molecular formula is C21H27N3O2S. The smallest absolute Gasteiger partial charge is 0.173 e. The van der Waals surface area contributed by atoms with E-state index in [9.17, 15) is 0 Å². The van der Waals surface area contributed by atoms with Crippen molar-refractivity contribution in [1.82, 2.24) is 9.80 Å². The van der Waals surface area contributed by atoms with Crippen LogP contribution in [0.25, 0.3) is 0 Å². The summed E-state index contributed by atoms with van der Waals surface area (Å²) in [5, 5.41) is 4.04. The molecule has 1 fully saturated rings. The van der Waals surface area contributed by atoms with E-state index >= 15 is 0 Å². The van der Waals surface area contributed by atoms with Crippen LogP contribution in [0.1, 0.15) is 11.1 Å². The molecule has 2 aromatic rings. The van der Waals surface area contributed by atoms with Gasteiger partial charge in [-0.25, -0.2) is 0 Å². The number of thiocarbonyl (C=S) groups is 1. The second-order valence-electron chi connectivity index (χ2n) is 6.69. The second-order valence-corrected chi connectivity index (χ2v) is 7.07. The Balaban J connectivity index is 1.55. The van der Waals surface area contributed by atoms with Crippen molar-refractivity contribution >= 4 is 23.0 Å². The number of nitrogens with one attached hydrogen (secondary N) is 1. The number of hydrogen-bond acceptors (Lipinski definition) is 4. The quantitative estimate of drug-likeness (QED) is 0.794. The first kappa shape index (κ1) is 19.5. The number of piperazine rings is 1. The second kappa shape index (κ2) is 9.06. The minimum atomic E-state index is 0.717. The van der Waals surface area contributed by atoms with Crippen LogP contribution in [-0.4, -0.2) is 55.3 Å². The number of ether oxygens (including phenoxy) is 2. The SMILES string of the molecule is COc1ccc(NC(=S)N2CCN(Cc3ccccc3C)CC2)c(OC)c1. The monoisotopic (exact) mass is 385 g/mol. The van der Waals surface area contributed by atoms with Crippen LogP contribution in [0.2, 0.25) is 0 Å². The fourth-order valence-corrected chi connectivity index (χ4v) is 3.53. The van der Waals surface area contributed by atoms with Gasteiger partial charge in [0, 0.05) is 38.8 Å². The zero-order chi connectivity index (χ0) is 19.2. The van der Waals surface area contributed by atoms with E-state index in [-0.39, 0.29) is 0 Å². The standard InChI is InChI=1S/C21H27N3O2S/c1-16-6-4-5-7-17(16)15-23-10-12-24(13-11-23)21(27)22-19-9-8-18(25-2)14-20(19)26-3/h4-9,14H,10-13,15H2,1-3H3,(H,22,27). The molecule has 1 aliphatic heterocycles. The number of benzene rings is 2. The summed E-state index contributed by atoms with van der Waals surface area (Å²) in [5.41, 5.74) is 3.60. The highest BCUT2D eigenvalue weighted by Gasteiger charge is 2.20. The summed E-state index contributed by atoms with van der Waals surface area (Å²) in [7, 11) is 3.29. The molecule has 0 saturated carbocycles. The lowest BCUT2D eigenvalue weighted by molar-refractivity contribution is 0.176. The van der Waals surface area contributed by atoms with Crippen LogP contribution in [0.4, 0.5) is 5.69 Å². The van der Waals surface area contributed by atoms with Crippen LogP contribution < -0.4 is 14.8 Å². The van der Waals surface area contributed by atoms with Gasteiger partial charge in [-0.15, -0.1) is 0 Å². The van der Waals surface area contributed by atoms with E-state index in [2.05, 4.69) is 46.3 Å². The lowest BCUT2D eigenvalue weighted by Gasteiger charge is -2.36. The Bertz CT molecular complexity index is 789. The molecule has 1 heterocycles. The fraction of sp³-hybridized carbons (Fsp3) is 0.381. The number of aryl methyl sites for hydroxylation is 1. The van der Waals surface area contributed by atoms with E-state index in [4.69, 9.17) is 21.7 Å². The summed E-state index contributed by atoms with van der Waals surface area (Å²) in [5.74, 6) is 1.48. The highest BCUT2D eigenvalue weighted by Crippen LogP contribution is 2.29. The van der Waals surface area contributed by atoms with Crippen molar-refractivity contribution in [3.05, 3.63) is 53.6 Å².